The molecule has 1 saturated carbocycles. The quantitative estimate of drug-likeness (QED) is 0.828. The fraction of sp³-hybridized carbons (Fsp3) is 0.462. The second-order valence-corrected chi connectivity index (χ2v) is 5.48. The third kappa shape index (κ3) is 2.28. The summed E-state index contributed by atoms with van der Waals surface area (Å²) in [6.45, 7) is 1.34. The Morgan fingerprint density at radius 1 is 1.41 bits per heavy atom. The molecule has 0 bridgehead atoms. The van der Waals surface area contributed by atoms with Crippen molar-refractivity contribution in [2.45, 2.75) is 25.2 Å². The van der Waals surface area contributed by atoms with E-state index in [9.17, 15) is 0 Å². The highest BCUT2D eigenvalue weighted by Gasteiger charge is 2.27. The van der Waals surface area contributed by atoms with Crippen molar-refractivity contribution >= 4 is 21.6 Å². The van der Waals surface area contributed by atoms with Crippen molar-refractivity contribution in [3.8, 4) is 5.75 Å². The van der Waals surface area contributed by atoms with Gasteiger partial charge in [0.15, 0.2) is 0 Å². The van der Waals surface area contributed by atoms with E-state index >= 15 is 0 Å². The molecule has 90 valence electrons. The number of benzene rings is 1. The fourth-order valence-electron chi connectivity index (χ4n) is 1.83. The summed E-state index contributed by atoms with van der Waals surface area (Å²) in [6.07, 6.45) is 3.47. The number of para-hydroxylation sites is 1. The molecule has 0 atom stereocenters. The average Bonchev–Trinajstić information content (AvgIpc) is 3.09. The zero-order valence-electron chi connectivity index (χ0n) is 9.69. The summed E-state index contributed by atoms with van der Waals surface area (Å²) >= 11 is 1.81. The SMILES string of the molecule is NCCCOc1cccc2sc(C3CC3)nc12. The highest BCUT2D eigenvalue weighted by molar-refractivity contribution is 7.18. The first-order valence-electron chi connectivity index (χ1n) is 6.11. The molecule has 0 unspecified atom stereocenters. The molecule has 1 aliphatic carbocycles. The van der Waals surface area contributed by atoms with Crippen molar-refractivity contribution in [2.24, 2.45) is 5.73 Å². The largest absolute Gasteiger partial charge is 0.491 e. The molecule has 2 aromatic rings. The molecule has 17 heavy (non-hydrogen) atoms. The first-order chi connectivity index (χ1) is 8.38. The molecule has 0 spiro atoms. The van der Waals surface area contributed by atoms with E-state index in [1.807, 2.05) is 12.1 Å². The summed E-state index contributed by atoms with van der Waals surface area (Å²) in [6, 6.07) is 6.15. The van der Waals surface area contributed by atoms with Crippen molar-refractivity contribution in [2.75, 3.05) is 13.2 Å². The van der Waals surface area contributed by atoms with Crippen molar-refractivity contribution in [1.82, 2.24) is 4.98 Å². The van der Waals surface area contributed by atoms with E-state index in [0.717, 1.165) is 17.7 Å². The van der Waals surface area contributed by atoms with Crippen LogP contribution in [0.15, 0.2) is 18.2 Å². The molecular formula is C13H16N2OS. The lowest BCUT2D eigenvalue weighted by Crippen LogP contribution is -2.06. The number of nitrogens with two attached hydrogens (primary N) is 1. The van der Waals surface area contributed by atoms with E-state index in [-0.39, 0.29) is 0 Å². The van der Waals surface area contributed by atoms with E-state index in [1.165, 1.54) is 22.5 Å². The van der Waals surface area contributed by atoms with Crippen LogP contribution in [0, 0.1) is 0 Å². The molecule has 0 aliphatic heterocycles. The molecule has 1 aliphatic rings. The Labute approximate surface area is 105 Å². The number of nitrogens with zero attached hydrogens (tertiary/aromatic N) is 1. The van der Waals surface area contributed by atoms with Crippen LogP contribution >= 0.6 is 11.3 Å². The number of rotatable bonds is 5. The summed E-state index contributed by atoms with van der Waals surface area (Å²) < 4.78 is 6.97. The lowest BCUT2D eigenvalue weighted by atomic mass is 10.3. The van der Waals surface area contributed by atoms with Gasteiger partial charge in [0.1, 0.15) is 11.3 Å². The first-order valence-corrected chi connectivity index (χ1v) is 6.92. The topological polar surface area (TPSA) is 48.1 Å². The summed E-state index contributed by atoms with van der Waals surface area (Å²) in [5.74, 6) is 1.61. The smallest absolute Gasteiger partial charge is 0.146 e. The highest BCUT2D eigenvalue weighted by atomic mass is 32.1. The molecule has 0 radical (unpaired) electrons. The van der Waals surface area contributed by atoms with Crippen molar-refractivity contribution in [3.05, 3.63) is 23.2 Å². The molecule has 2 N–H and O–H groups in total. The molecule has 1 aromatic carbocycles. The van der Waals surface area contributed by atoms with Gasteiger partial charge in [0.2, 0.25) is 0 Å². The summed E-state index contributed by atoms with van der Waals surface area (Å²) in [5, 5.41) is 1.27. The van der Waals surface area contributed by atoms with Crippen molar-refractivity contribution in [3.63, 3.8) is 0 Å². The number of ether oxygens (including phenoxy) is 1. The van der Waals surface area contributed by atoms with Gasteiger partial charge in [0, 0.05) is 5.92 Å². The third-order valence-electron chi connectivity index (χ3n) is 2.93. The van der Waals surface area contributed by atoms with Gasteiger partial charge in [-0.2, -0.15) is 0 Å². The van der Waals surface area contributed by atoms with E-state index in [4.69, 9.17) is 15.5 Å². The van der Waals surface area contributed by atoms with Gasteiger partial charge >= 0.3 is 0 Å². The van der Waals surface area contributed by atoms with Crippen LogP contribution < -0.4 is 10.5 Å². The van der Waals surface area contributed by atoms with E-state index in [2.05, 4.69) is 6.07 Å². The number of hydrogen-bond acceptors (Lipinski definition) is 4. The minimum absolute atomic E-state index is 0.667. The second kappa shape index (κ2) is 4.63. The van der Waals surface area contributed by atoms with Gasteiger partial charge in [-0.1, -0.05) is 6.07 Å². The van der Waals surface area contributed by atoms with Crippen molar-refractivity contribution in [1.29, 1.82) is 0 Å². The van der Waals surface area contributed by atoms with Crippen LogP contribution in [0.25, 0.3) is 10.2 Å². The van der Waals surface area contributed by atoms with E-state index < -0.39 is 0 Å². The van der Waals surface area contributed by atoms with Crippen LogP contribution in [0.4, 0.5) is 0 Å². The minimum atomic E-state index is 0.667. The average molecular weight is 248 g/mol. The monoisotopic (exact) mass is 248 g/mol. The molecule has 0 saturated heterocycles. The predicted molar refractivity (Wildman–Crippen MR) is 70.8 cm³/mol. The van der Waals surface area contributed by atoms with Gasteiger partial charge in [-0.15, -0.1) is 11.3 Å². The van der Waals surface area contributed by atoms with Crippen molar-refractivity contribution < 1.29 is 4.74 Å². The summed E-state index contributed by atoms with van der Waals surface area (Å²) in [7, 11) is 0. The van der Waals surface area contributed by atoms with E-state index in [0.29, 0.717) is 19.1 Å². The lowest BCUT2D eigenvalue weighted by Gasteiger charge is -2.05. The summed E-state index contributed by atoms with van der Waals surface area (Å²) in [4.78, 5) is 4.72. The molecule has 1 aromatic heterocycles. The van der Waals surface area contributed by atoms with Crippen LogP contribution in [-0.4, -0.2) is 18.1 Å². The van der Waals surface area contributed by atoms with Gasteiger partial charge in [-0.05, 0) is 37.9 Å². The Hall–Kier alpha value is -1.13. The lowest BCUT2D eigenvalue weighted by molar-refractivity contribution is 0.316. The number of aromatic nitrogens is 1. The Kier molecular flexibility index (Phi) is 2.99. The predicted octanol–water partition coefficient (Wildman–Crippen LogP) is 2.90. The van der Waals surface area contributed by atoms with Crippen LogP contribution in [0.1, 0.15) is 30.2 Å². The van der Waals surface area contributed by atoms with Gasteiger partial charge in [-0.3, -0.25) is 0 Å². The van der Waals surface area contributed by atoms with Gasteiger partial charge in [0.05, 0.1) is 16.3 Å². The zero-order chi connectivity index (χ0) is 11.7. The number of thiazole rings is 1. The van der Waals surface area contributed by atoms with Crippen LogP contribution in [-0.2, 0) is 0 Å². The Bertz CT molecular complexity index is 519. The van der Waals surface area contributed by atoms with Gasteiger partial charge < -0.3 is 10.5 Å². The molecule has 0 amide bonds. The van der Waals surface area contributed by atoms with Crippen LogP contribution in [0.5, 0.6) is 5.75 Å². The molecule has 3 nitrogen and oxygen atoms in total. The van der Waals surface area contributed by atoms with E-state index in [1.54, 1.807) is 11.3 Å². The standard InChI is InChI=1S/C13H16N2OS/c14-7-2-8-16-10-3-1-4-11-12(10)15-13(17-11)9-5-6-9/h1,3-4,9H,2,5-8,14H2. The first kappa shape index (κ1) is 11.0. The maximum absolute atomic E-state index is 5.74. The van der Waals surface area contributed by atoms with Crippen LogP contribution in [0.3, 0.4) is 0 Å². The highest BCUT2D eigenvalue weighted by Crippen LogP contribution is 2.44. The minimum Gasteiger partial charge on any atom is -0.491 e. The third-order valence-corrected chi connectivity index (χ3v) is 4.11. The molecule has 1 heterocycles. The van der Waals surface area contributed by atoms with Crippen LogP contribution in [0.2, 0.25) is 0 Å². The molecular weight excluding hydrogens is 232 g/mol. The maximum Gasteiger partial charge on any atom is 0.146 e. The van der Waals surface area contributed by atoms with Gasteiger partial charge in [-0.25, -0.2) is 4.98 Å². The number of fused-ring (bicyclic) bond motifs is 1. The Balaban J connectivity index is 1.88. The Morgan fingerprint density at radius 2 is 2.29 bits per heavy atom. The zero-order valence-corrected chi connectivity index (χ0v) is 10.5. The molecule has 1 fully saturated rings. The fourth-order valence-corrected chi connectivity index (χ4v) is 2.98. The molecule has 3 rings (SSSR count). The Morgan fingerprint density at radius 3 is 3.06 bits per heavy atom. The second-order valence-electron chi connectivity index (χ2n) is 4.42. The maximum atomic E-state index is 5.74. The summed E-state index contributed by atoms with van der Waals surface area (Å²) in [5.41, 5.74) is 6.49. The number of hydrogen-bond donors (Lipinski definition) is 1. The molecule has 4 heteroatoms. The van der Waals surface area contributed by atoms with Gasteiger partial charge in [0.25, 0.3) is 0 Å². The normalized spacial score (nSPS) is 15.4.